The van der Waals surface area contributed by atoms with Gasteiger partial charge in [0.2, 0.25) is 5.88 Å². The summed E-state index contributed by atoms with van der Waals surface area (Å²) >= 11 is 0. The molecule has 5 rings (SSSR count). The van der Waals surface area contributed by atoms with Crippen LogP contribution in [0.3, 0.4) is 0 Å². The Labute approximate surface area is 197 Å². The van der Waals surface area contributed by atoms with Crippen LogP contribution in [0.2, 0.25) is 0 Å². The monoisotopic (exact) mass is 463 g/mol. The number of fused-ring (bicyclic) bond motifs is 2. The van der Waals surface area contributed by atoms with E-state index in [4.69, 9.17) is 9.47 Å². The first-order chi connectivity index (χ1) is 16.4. The number of piperazine rings is 1. The second-order valence-corrected chi connectivity index (χ2v) is 8.83. The fourth-order valence-electron chi connectivity index (χ4n) is 4.73. The quantitative estimate of drug-likeness (QED) is 0.470. The first-order valence-electron chi connectivity index (χ1n) is 11.3. The molecule has 0 unspecified atom stereocenters. The van der Waals surface area contributed by atoms with Crippen LogP contribution in [-0.2, 0) is 7.05 Å². The van der Waals surface area contributed by atoms with Crippen molar-refractivity contribution in [2.75, 3.05) is 37.5 Å². The summed E-state index contributed by atoms with van der Waals surface area (Å²) in [6, 6.07) is 10.0. The van der Waals surface area contributed by atoms with Crippen molar-refractivity contribution in [3.63, 3.8) is 0 Å². The van der Waals surface area contributed by atoms with Crippen molar-refractivity contribution in [3.8, 4) is 11.6 Å². The van der Waals surface area contributed by atoms with Crippen molar-refractivity contribution in [2.24, 2.45) is 7.05 Å². The molecule has 10 nitrogen and oxygen atoms in total. The molecule has 0 saturated carbocycles. The number of hydrogen-bond acceptors (Lipinski definition) is 7. The average molecular weight is 464 g/mol. The van der Waals surface area contributed by atoms with Crippen LogP contribution in [0.4, 0.5) is 11.4 Å². The van der Waals surface area contributed by atoms with E-state index in [0.29, 0.717) is 35.1 Å². The smallest absolute Gasteiger partial charge is 0.274 e. The molecular weight excluding hydrogens is 434 g/mol. The van der Waals surface area contributed by atoms with E-state index in [1.807, 2.05) is 37.5 Å². The van der Waals surface area contributed by atoms with Gasteiger partial charge in [-0.1, -0.05) is 0 Å². The molecule has 4 aromatic rings. The lowest BCUT2D eigenvalue weighted by atomic mass is 10.1. The number of benzene rings is 1. The van der Waals surface area contributed by atoms with Crippen molar-refractivity contribution in [3.05, 3.63) is 42.2 Å². The SMILES string of the molecule is COc1cc2c(N3C[C@H](C)N[C@@H](C)C3)ccc(C(=O)Nc3cc4cn(C)nc4cc3OC)n2n1. The van der Waals surface area contributed by atoms with Gasteiger partial charge in [-0.05, 0) is 32.0 Å². The minimum absolute atomic E-state index is 0.300. The highest BCUT2D eigenvalue weighted by molar-refractivity contribution is 6.06. The average Bonchev–Trinajstić information content (AvgIpc) is 3.39. The fourth-order valence-corrected chi connectivity index (χ4v) is 4.73. The lowest BCUT2D eigenvalue weighted by Gasteiger charge is -2.38. The summed E-state index contributed by atoms with van der Waals surface area (Å²) in [5.74, 6) is 0.687. The van der Waals surface area contributed by atoms with Crippen molar-refractivity contribution >= 4 is 33.7 Å². The maximum atomic E-state index is 13.4. The Kier molecular flexibility index (Phi) is 5.52. The molecule has 1 aromatic carbocycles. The van der Waals surface area contributed by atoms with Gasteiger partial charge in [0.1, 0.15) is 11.4 Å². The van der Waals surface area contributed by atoms with Crippen molar-refractivity contribution in [1.82, 2.24) is 24.7 Å². The third kappa shape index (κ3) is 3.90. The van der Waals surface area contributed by atoms with E-state index in [2.05, 4.69) is 39.6 Å². The molecule has 0 bridgehead atoms. The molecule has 0 radical (unpaired) electrons. The number of amides is 1. The van der Waals surface area contributed by atoms with E-state index >= 15 is 0 Å². The summed E-state index contributed by atoms with van der Waals surface area (Å²) in [6.45, 7) is 6.07. The van der Waals surface area contributed by atoms with Crippen LogP contribution in [0.25, 0.3) is 16.4 Å². The Morgan fingerprint density at radius 2 is 1.85 bits per heavy atom. The largest absolute Gasteiger partial charge is 0.494 e. The lowest BCUT2D eigenvalue weighted by molar-refractivity contribution is 0.101. The van der Waals surface area contributed by atoms with E-state index in [1.165, 1.54) is 0 Å². The highest BCUT2D eigenvalue weighted by Crippen LogP contribution is 2.32. The van der Waals surface area contributed by atoms with Gasteiger partial charge >= 0.3 is 0 Å². The second kappa shape index (κ2) is 8.53. The number of anilines is 2. The molecule has 178 valence electrons. The molecular formula is C24H29N7O3. The van der Waals surface area contributed by atoms with Gasteiger partial charge in [0.25, 0.3) is 5.91 Å². The molecule has 3 aromatic heterocycles. The molecule has 34 heavy (non-hydrogen) atoms. The van der Waals surface area contributed by atoms with E-state index in [0.717, 1.165) is 35.2 Å². The van der Waals surface area contributed by atoms with Gasteiger partial charge in [-0.2, -0.15) is 5.10 Å². The maximum absolute atomic E-state index is 13.4. The van der Waals surface area contributed by atoms with Crippen LogP contribution in [-0.4, -0.2) is 64.7 Å². The van der Waals surface area contributed by atoms with Crippen LogP contribution in [0.15, 0.2) is 36.5 Å². The summed E-state index contributed by atoms with van der Waals surface area (Å²) < 4.78 is 14.3. The third-order valence-electron chi connectivity index (χ3n) is 6.11. The molecule has 4 heterocycles. The van der Waals surface area contributed by atoms with E-state index in [9.17, 15) is 4.79 Å². The van der Waals surface area contributed by atoms with E-state index in [-0.39, 0.29) is 5.91 Å². The van der Waals surface area contributed by atoms with Gasteiger partial charge < -0.3 is 25.0 Å². The van der Waals surface area contributed by atoms with Gasteiger partial charge in [0, 0.05) is 55.9 Å². The molecule has 0 spiro atoms. The predicted molar refractivity (Wildman–Crippen MR) is 131 cm³/mol. The Balaban J connectivity index is 1.53. The molecule has 1 saturated heterocycles. The number of ether oxygens (including phenoxy) is 2. The molecule has 2 atom stereocenters. The van der Waals surface area contributed by atoms with Gasteiger partial charge in [0.05, 0.1) is 36.6 Å². The van der Waals surface area contributed by atoms with Gasteiger partial charge in [-0.25, -0.2) is 4.52 Å². The zero-order chi connectivity index (χ0) is 24.0. The number of aromatic nitrogens is 4. The number of aryl methyl sites for hydroxylation is 1. The number of nitrogens with zero attached hydrogens (tertiary/aromatic N) is 5. The molecule has 10 heteroatoms. The number of carbonyl (C=O) groups excluding carboxylic acids is 1. The molecule has 0 aliphatic carbocycles. The second-order valence-electron chi connectivity index (χ2n) is 8.83. The lowest BCUT2D eigenvalue weighted by Crippen LogP contribution is -2.54. The van der Waals surface area contributed by atoms with Crippen LogP contribution in [0.5, 0.6) is 11.6 Å². The number of rotatable bonds is 5. The van der Waals surface area contributed by atoms with Crippen molar-refractivity contribution in [2.45, 2.75) is 25.9 Å². The Morgan fingerprint density at radius 3 is 2.56 bits per heavy atom. The predicted octanol–water partition coefficient (Wildman–Crippen LogP) is 2.68. The van der Waals surface area contributed by atoms with Gasteiger partial charge in [-0.3, -0.25) is 9.48 Å². The maximum Gasteiger partial charge on any atom is 0.274 e. The standard InChI is InChI=1S/C24H29N7O3/c1-14-11-30(12-15(2)25-14)19-6-7-20(31-21(19)10-23(28-31)34-5)24(32)26-18-8-16-13-29(3)27-17(16)9-22(18)33-4/h6-10,13-15,25H,11-12H2,1-5H3,(H,26,32)/t14-,15-/m0/s1. The zero-order valence-electron chi connectivity index (χ0n) is 20.0. The van der Waals surface area contributed by atoms with Crippen LogP contribution < -0.4 is 25.0 Å². The van der Waals surface area contributed by atoms with Crippen molar-refractivity contribution in [1.29, 1.82) is 0 Å². The summed E-state index contributed by atoms with van der Waals surface area (Å²) in [6.07, 6.45) is 1.89. The molecule has 1 aliphatic heterocycles. The first-order valence-corrected chi connectivity index (χ1v) is 11.3. The molecule has 1 fully saturated rings. The number of methoxy groups -OCH3 is 2. The van der Waals surface area contributed by atoms with Gasteiger partial charge in [-0.15, -0.1) is 5.10 Å². The summed E-state index contributed by atoms with van der Waals surface area (Å²) in [5.41, 5.74) is 3.59. The Morgan fingerprint density at radius 1 is 1.09 bits per heavy atom. The Hall–Kier alpha value is -3.79. The minimum Gasteiger partial charge on any atom is -0.494 e. The van der Waals surface area contributed by atoms with Crippen LogP contribution >= 0.6 is 0 Å². The summed E-state index contributed by atoms with van der Waals surface area (Å²) in [7, 11) is 5.00. The van der Waals surface area contributed by atoms with E-state index < -0.39 is 0 Å². The Bertz CT molecular complexity index is 1370. The molecule has 1 amide bonds. The highest BCUT2D eigenvalue weighted by Gasteiger charge is 2.25. The van der Waals surface area contributed by atoms with E-state index in [1.54, 1.807) is 29.5 Å². The summed E-state index contributed by atoms with van der Waals surface area (Å²) in [5, 5.41) is 16.4. The number of carbonyl (C=O) groups is 1. The van der Waals surface area contributed by atoms with Crippen molar-refractivity contribution < 1.29 is 14.3 Å². The van der Waals surface area contributed by atoms with Crippen LogP contribution in [0.1, 0.15) is 24.3 Å². The highest BCUT2D eigenvalue weighted by atomic mass is 16.5. The van der Waals surface area contributed by atoms with Crippen LogP contribution in [0, 0.1) is 0 Å². The molecule has 1 aliphatic rings. The zero-order valence-corrected chi connectivity index (χ0v) is 20.0. The number of pyridine rings is 1. The summed E-state index contributed by atoms with van der Waals surface area (Å²) in [4.78, 5) is 15.7. The first kappa shape index (κ1) is 22.0. The fraction of sp³-hybridized carbons (Fsp3) is 0.375. The topological polar surface area (TPSA) is 98.0 Å². The normalized spacial score (nSPS) is 18.4. The minimum atomic E-state index is -0.300. The van der Waals surface area contributed by atoms with Gasteiger partial charge in [0.15, 0.2) is 0 Å². The third-order valence-corrected chi connectivity index (χ3v) is 6.11. The number of hydrogen-bond donors (Lipinski definition) is 2. The number of nitrogens with one attached hydrogen (secondary N) is 2. The molecule has 2 N–H and O–H groups in total.